The van der Waals surface area contributed by atoms with Crippen molar-refractivity contribution in [3.8, 4) is 5.69 Å². The zero-order valence-electron chi connectivity index (χ0n) is 13.1. The van der Waals surface area contributed by atoms with Crippen molar-refractivity contribution >= 4 is 11.8 Å². The quantitative estimate of drug-likeness (QED) is 0.744. The van der Waals surface area contributed by atoms with E-state index in [0.717, 1.165) is 11.1 Å². The van der Waals surface area contributed by atoms with Gasteiger partial charge in [-0.05, 0) is 40.6 Å². The summed E-state index contributed by atoms with van der Waals surface area (Å²) in [4.78, 5) is 0. The van der Waals surface area contributed by atoms with Crippen LogP contribution in [0.1, 0.15) is 23.1 Å². The van der Waals surface area contributed by atoms with Gasteiger partial charge in [-0.3, -0.25) is 0 Å². The molecule has 2 aromatic carbocycles. The van der Waals surface area contributed by atoms with Crippen molar-refractivity contribution in [2.75, 3.05) is 5.75 Å². The average Bonchev–Trinajstić information content (AvgIpc) is 3.06. The Morgan fingerprint density at radius 3 is 2.79 bits per heavy atom. The van der Waals surface area contributed by atoms with Gasteiger partial charge in [-0.25, -0.2) is 4.39 Å². The summed E-state index contributed by atoms with van der Waals surface area (Å²) in [6.45, 7) is 1.89. The monoisotopic (exact) mass is 344 g/mol. The van der Waals surface area contributed by atoms with Gasteiger partial charge in [0.25, 0.3) is 0 Å². The molecular formula is C17H17FN4OS. The lowest BCUT2D eigenvalue weighted by Crippen LogP contribution is -2.06. The van der Waals surface area contributed by atoms with Gasteiger partial charge in [0, 0.05) is 5.75 Å². The Bertz CT molecular complexity index is 809. The molecule has 1 aromatic heterocycles. The number of nitrogens with zero attached hydrogens (tertiary/aromatic N) is 4. The number of tetrazole rings is 1. The lowest BCUT2D eigenvalue weighted by Gasteiger charge is -2.10. The van der Waals surface area contributed by atoms with E-state index in [9.17, 15) is 9.50 Å². The number of halogens is 1. The van der Waals surface area contributed by atoms with Crippen LogP contribution in [0.15, 0.2) is 48.5 Å². The number of benzene rings is 2. The first-order valence-corrected chi connectivity index (χ1v) is 8.65. The first-order chi connectivity index (χ1) is 11.6. The second-order valence-electron chi connectivity index (χ2n) is 5.40. The van der Waals surface area contributed by atoms with E-state index < -0.39 is 6.10 Å². The van der Waals surface area contributed by atoms with Crippen molar-refractivity contribution in [1.29, 1.82) is 0 Å². The van der Waals surface area contributed by atoms with Crippen molar-refractivity contribution in [3.05, 3.63) is 71.3 Å². The van der Waals surface area contributed by atoms with Gasteiger partial charge >= 0.3 is 0 Å². The van der Waals surface area contributed by atoms with Crippen LogP contribution < -0.4 is 0 Å². The molecule has 0 bridgehead atoms. The molecule has 124 valence electrons. The molecule has 5 nitrogen and oxygen atoms in total. The zero-order chi connectivity index (χ0) is 16.9. The summed E-state index contributed by atoms with van der Waals surface area (Å²) in [6, 6.07) is 14.3. The molecule has 0 radical (unpaired) electrons. The fraction of sp³-hybridized carbons (Fsp3) is 0.235. The molecule has 0 aliphatic heterocycles. The Balaban J connectivity index is 1.67. The SMILES string of the molecule is Cc1ccc(F)c(-n2nnnc2CSC[C@@H](O)c2ccccc2)c1. The summed E-state index contributed by atoms with van der Waals surface area (Å²) in [6.07, 6.45) is -0.559. The van der Waals surface area contributed by atoms with Crippen LogP contribution in [0.5, 0.6) is 0 Å². The number of thioether (sulfide) groups is 1. The van der Waals surface area contributed by atoms with E-state index in [0.29, 0.717) is 23.0 Å². The number of aliphatic hydroxyl groups excluding tert-OH is 1. The molecule has 0 aliphatic rings. The summed E-state index contributed by atoms with van der Waals surface area (Å²) in [7, 11) is 0. The van der Waals surface area contributed by atoms with Crippen molar-refractivity contribution in [2.24, 2.45) is 0 Å². The van der Waals surface area contributed by atoms with Gasteiger partial charge in [0.1, 0.15) is 11.5 Å². The maximum absolute atomic E-state index is 14.0. The van der Waals surface area contributed by atoms with Gasteiger partial charge in [-0.2, -0.15) is 16.4 Å². The number of aliphatic hydroxyl groups is 1. The van der Waals surface area contributed by atoms with Crippen LogP contribution in [0.3, 0.4) is 0 Å². The van der Waals surface area contributed by atoms with Gasteiger partial charge in [0.15, 0.2) is 5.82 Å². The number of aromatic nitrogens is 4. The highest BCUT2D eigenvalue weighted by Crippen LogP contribution is 2.22. The van der Waals surface area contributed by atoms with E-state index in [1.54, 1.807) is 12.1 Å². The second kappa shape index (κ2) is 7.55. The van der Waals surface area contributed by atoms with Crippen molar-refractivity contribution in [1.82, 2.24) is 20.2 Å². The third-order valence-corrected chi connectivity index (χ3v) is 4.57. The third-order valence-electron chi connectivity index (χ3n) is 3.56. The van der Waals surface area contributed by atoms with Crippen LogP contribution in [0.2, 0.25) is 0 Å². The van der Waals surface area contributed by atoms with E-state index >= 15 is 0 Å². The largest absolute Gasteiger partial charge is 0.388 e. The van der Waals surface area contributed by atoms with E-state index in [1.807, 2.05) is 37.3 Å². The highest BCUT2D eigenvalue weighted by atomic mass is 32.2. The number of aryl methyl sites for hydroxylation is 1. The van der Waals surface area contributed by atoms with Crippen LogP contribution in [0.4, 0.5) is 4.39 Å². The molecule has 0 aliphatic carbocycles. The molecule has 0 saturated carbocycles. The Hall–Kier alpha value is -2.25. The second-order valence-corrected chi connectivity index (χ2v) is 6.43. The fourth-order valence-electron chi connectivity index (χ4n) is 2.30. The maximum atomic E-state index is 14.0. The van der Waals surface area contributed by atoms with Crippen LogP contribution in [-0.4, -0.2) is 31.1 Å². The van der Waals surface area contributed by atoms with Crippen LogP contribution in [-0.2, 0) is 5.75 Å². The van der Waals surface area contributed by atoms with Gasteiger partial charge in [0.2, 0.25) is 0 Å². The molecule has 1 heterocycles. The minimum absolute atomic E-state index is 0.333. The summed E-state index contributed by atoms with van der Waals surface area (Å²) < 4.78 is 15.4. The Kier molecular flexibility index (Phi) is 5.22. The molecule has 7 heteroatoms. The third kappa shape index (κ3) is 3.80. The van der Waals surface area contributed by atoms with Crippen molar-refractivity contribution in [3.63, 3.8) is 0 Å². The number of hydrogen-bond acceptors (Lipinski definition) is 5. The van der Waals surface area contributed by atoms with Gasteiger partial charge in [-0.15, -0.1) is 5.10 Å². The Labute approximate surface area is 143 Å². The number of hydrogen-bond donors (Lipinski definition) is 1. The highest BCUT2D eigenvalue weighted by Gasteiger charge is 2.14. The minimum Gasteiger partial charge on any atom is -0.388 e. The first kappa shape index (κ1) is 16.6. The lowest BCUT2D eigenvalue weighted by atomic mass is 10.1. The predicted octanol–water partition coefficient (Wildman–Crippen LogP) is 3.08. The highest BCUT2D eigenvalue weighted by molar-refractivity contribution is 7.98. The lowest BCUT2D eigenvalue weighted by molar-refractivity contribution is 0.204. The summed E-state index contributed by atoms with van der Waals surface area (Å²) >= 11 is 1.50. The number of rotatable bonds is 6. The maximum Gasteiger partial charge on any atom is 0.166 e. The van der Waals surface area contributed by atoms with Crippen LogP contribution >= 0.6 is 11.8 Å². The van der Waals surface area contributed by atoms with E-state index in [1.165, 1.54) is 22.5 Å². The summed E-state index contributed by atoms with van der Waals surface area (Å²) in [5.41, 5.74) is 2.13. The fourth-order valence-corrected chi connectivity index (χ4v) is 3.20. The van der Waals surface area contributed by atoms with Crippen LogP contribution in [0.25, 0.3) is 5.69 Å². The molecule has 3 aromatic rings. The average molecular weight is 344 g/mol. The van der Waals surface area contributed by atoms with Crippen molar-refractivity contribution in [2.45, 2.75) is 18.8 Å². The first-order valence-electron chi connectivity index (χ1n) is 7.49. The van der Waals surface area contributed by atoms with Gasteiger partial charge in [-0.1, -0.05) is 36.4 Å². The predicted molar refractivity (Wildman–Crippen MR) is 91.4 cm³/mol. The molecule has 0 unspecified atom stereocenters. The minimum atomic E-state index is -0.559. The normalized spacial score (nSPS) is 12.3. The van der Waals surface area contributed by atoms with E-state index in [2.05, 4.69) is 15.5 Å². The molecule has 24 heavy (non-hydrogen) atoms. The molecule has 1 N–H and O–H groups in total. The molecule has 0 saturated heterocycles. The topological polar surface area (TPSA) is 63.8 Å². The molecule has 3 rings (SSSR count). The summed E-state index contributed by atoms with van der Waals surface area (Å²) in [5, 5.41) is 21.7. The molecule has 0 amide bonds. The molecular weight excluding hydrogens is 327 g/mol. The smallest absolute Gasteiger partial charge is 0.166 e. The van der Waals surface area contributed by atoms with Crippen molar-refractivity contribution < 1.29 is 9.50 Å². The van der Waals surface area contributed by atoms with Gasteiger partial charge < -0.3 is 5.11 Å². The van der Waals surface area contributed by atoms with E-state index in [-0.39, 0.29) is 5.82 Å². The van der Waals surface area contributed by atoms with E-state index in [4.69, 9.17) is 0 Å². The zero-order valence-corrected chi connectivity index (χ0v) is 13.9. The Morgan fingerprint density at radius 2 is 2.00 bits per heavy atom. The molecule has 1 atom stereocenters. The van der Waals surface area contributed by atoms with Gasteiger partial charge in [0.05, 0.1) is 11.9 Å². The standard InChI is InChI=1S/C17H17FN4OS/c1-12-7-8-14(18)15(9-12)22-17(19-20-21-22)11-24-10-16(23)13-5-3-2-4-6-13/h2-9,16,23H,10-11H2,1H3/t16-/m1/s1. The Morgan fingerprint density at radius 1 is 1.21 bits per heavy atom. The van der Waals surface area contributed by atoms with Crippen LogP contribution in [0, 0.1) is 12.7 Å². The molecule has 0 spiro atoms. The molecule has 0 fully saturated rings. The summed E-state index contributed by atoms with van der Waals surface area (Å²) in [5.74, 6) is 1.16.